The van der Waals surface area contributed by atoms with Gasteiger partial charge in [0, 0.05) is 26.7 Å². The zero-order valence-corrected chi connectivity index (χ0v) is 16.0. The fourth-order valence-corrected chi connectivity index (χ4v) is 3.14. The summed E-state index contributed by atoms with van der Waals surface area (Å²) in [6.07, 6.45) is 2.68. The van der Waals surface area contributed by atoms with E-state index in [4.69, 9.17) is 9.47 Å². The van der Waals surface area contributed by atoms with Gasteiger partial charge in [-0.15, -0.1) is 0 Å². The second kappa shape index (κ2) is 10.1. The number of rotatable bonds is 8. The van der Waals surface area contributed by atoms with Gasteiger partial charge in [-0.3, -0.25) is 4.99 Å². The first kappa shape index (κ1) is 19.4. The molecule has 1 aromatic rings. The van der Waals surface area contributed by atoms with E-state index in [0.29, 0.717) is 12.5 Å². The molecule has 0 saturated carbocycles. The summed E-state index contributed by atoms with van der Waals surface area (Å²) in [6.45, 7) is 7.53. The number of nitrogens with one attached hydrogen (secondary N) is 2. The number of ether oxygens (including phenoxy) is 2. The maximum Gasteiger partial charge on any atom is 0.191 e. The molecule has 1 unspecified atom stereocenters. The van der Waals surface area contributed by atoms with Gasteiger partial charge in [0.05, 0.1) is 14.2 Å². The number of hydrogen-bond donors (Lipinski definition) is 2. The molecule has 0 aromatic heterocycles. The van der Waals surface area contributed by atoms with Gasteiger partial charge < -0.3 is 25.0 Å². The van der Waals surface area contributed by atoms with Crippen LogP contribution in [0.1, 0.15) is 25.3 Å². The lowest BCUT2D eigenvalue weighted by Gasteiger charge is -2.21. The van der Waals surface area contributed by atoms with Gasteiger partial charge in [0.15, 0.2) is 17.5 Å². The van der Waals surface area contributed by atoms with Crippen LogP contribution in [0, 0.1) is 5.92 Å². The van der Waals surface area contributed by atoms with E-state index < -0.39 is 0 Å². The quantitative estimate of drug-likeness (QED) is 0.557. The molecule has 6 nitrogen and oxygen atoms in total. The first-order valence-corrected chi connectivity index (χ1v) is 9.04. The summed E-state index contributed by atoms with van der Waals surface area (Å²) in [5.74, 6) is 2.90. The van der Waals surface area contributed by atoms with Crippen LogP contribution in [0.2, 0.25) is 0 Å². The molecule has 140 valence electrons. The van der Waals surface area contributed by atoms with Crippen molar-refractivity contribution in [1.82, 2.24) is 15.5 Å². The van der Waals surface area contributed by atoms with E-state index in [9.17, 15) is 0 Å². The fourth-order valence-electron chi connectivity index (χ4n) is 3.14. The first-order chi connectivity index (χ1) is 12.2. The van der Waals surface area contributed by atoms with Gasteiger partial charge in [-0.2, -0.15) is 0 Å². The molecule has 0 radical (unpaired) electrons. The first-order valence-electron chi connectivity index (χ1n) is 9.04. The minimum atomic E-state index is 0.595. The Morgan fingerprint density at radius 1 is 1.16 bits per heavy atom. The minimum Gasteiger partial charge on any atom is -0.493 e. The standard InChI is InChI=1S/C19H32N4O2/c1-15(14-23-9-5-6-10-23)12-21-19(20-2)22-13-16-7-8-17(24-3)18(11-16)25-4/h7-8,11,15H,5-6,9-10,12-14H2,1-4H3,(H2,20,21,22). The van der Waals surface area contributed by atoms with Crippen LogP contribution in [0.3, 0.4) is 0 Å². The average molecular weight is 348 g/mol. The molecule has 25 heavy (non-hydrogen) atoms. The molecule has 1 aromatic carbocycles. The van der Waals surface area contributed by atoms with Crippen molar-refractivity contribution < 1.29 is 9.47 Å². The van der Waals surface area contributed by atoms with Crippen LogP contribution in [0.4, 0.5) is 0 Å². The highest BCUT2D eigenvalue weighted by Gasteiger charge is 2.14. The van der Waals surface area contributed by atoms with Gasteiger partial charge in [-0.1, -0.05) is 13.0 Å². The highest BCUT2D eigenvalue weighted by molar-refractivity contribution is 5.79. The van der Waals surface area contributed by atoms with Crippen molar-refractivity contribution in [2.75, 3.05) is 47.4 Å². The normalized spacial score (nSPS) is 16.6. The zero-order chi connectivity index (χ0) is 18.1. The van der Waals surface area contributed by atoms with Gasteiger partial charge >= 0.3 is 0 Å². The molecule has 0 amide bonds. The number of likely N-dealkylation sites (tertiary alicyclic amines) is 1. The van der Waals surface area contributed by atoms with E-state index in [1.165, 1.54) is 25.9 Å². The molecular formula is C19H32N4O2. The zero-order valence-electron chi connectivity index (χ0n) is 16.0. The van der Waals surface area contributed by atoms with Crippen LogP contribution >= 0.6 is 0 Å². The summed E-state index contributed by atoms with van der Waals surface area (Å²) in [5.41, 5.74) is 1.12. The van der Waals surface area contributed by atoms with E-state index >= 15 is 0 Å². The second-order valence-electron chi connectivity index (χ2n) is 6.61. The van der Waals surface area contributed by atoms with Gasteiger partial charge in [0.25, 0.3) is 0 Å². The summed E-state index contributed by atoms with van der Waals surface area (Å²) >= 11 is 0. The van der Waals surface area contributed by atoms with Crippen molar-refractivity contribution in [3.63, 3.8) is 0 Å². The maximum absolute atomic E-state index is 5.35. The predicted octanol–water partition coefficient (Wildman–Crippen LogP) is 2.10. The summed E-state index contributed by atoms with van der Waals surface area (Å²) in [4.78, 5) is 6.86. The van der Waals surface area contributed by atoms with Crippen molar-refractivity contribution in [1.29, 1.82) is 0 Å². The predicted molar refractivity (Wildman–Crippen MR) is 103 cm³/mol. The van der Waals surface area contributed by atoms with Gasteiger partial charge in [0.2, 0.25) is 0 Å². The topological polar surface area (TPSA) is 58.1 Å². The number of guanidine groups is 1. The fraction of sp³-hybridized carbons (Fsp3) is 0.632. The molecule has 1 saturated heterocycles. The summed E-state index contributed by atoms with van der Waals surface area (Å²) in [5, 5.41) is 6.77. The molecular weight excluding hydrogens is 316 g/mol. The molecule has 0 aliphatic carbocycles. The Morgan fingerprint density at radius 3 is 2.52 bits per heavy atom. The van der Waals surface area contributed by atoms with E-state index in [-0.39, 0.29) is 0 Å². The van der Waals surface area contributed by atoms with Crippen molar-refractivity contribution in [2.24, 2.45) is 10.9 Å². The average Bonchev–Trinajstić information content (AvgIpc) is 3.14. The Balaban J connectivity index is 1.77. The van der Waals surface area contributed by atoms with Gasteiger partial charge in [0.1, 0.15) is 0 Å². The second-order valence-corrected chi connectivity index (χ2v) is 6.61. The van der Waals surface area contributed by atoms with E-state index in [0.717, 1.165) is 36.1 Å². The Bertz CT molecular complexity index is 556. The third-order valence-corrected chi connectivity index (χ3v) is 4.52. The molecule has 2 rings (SSSR count). The Kier molecular flexibility index (Phi) is 7.85. The molecule has 1 aliphatic rings. The highest BCUT2D eigenvalue weighted by atomic mass is 16.5. The summed E-state index contributed by atoms with van der Waals surface area (Å²) in [6, 6.07) is 5.93. The van der Waals surface area contributed by atoms with E-state index in [1.807, 2.05) is 18.2 Å². The maximum atomic E-state index is 5.35. The third-order valence-electron chi connectivity index (χ3n) is 4.52. The molecule has 2 N–H and O–H groups in total. The number of benzene rings is 1. The van der Waals surface area contributed by atoms with Crippen LogP contribution in [0.15, 0.2) is 23.2 Å². The summed E-state index contributed by atoms with van der Waals surface area (Å²) in [7, 11) is 5.09. The highest BCUT2D eigenvalue weighted by Crippen LogP contribution is 2.27. The number of hydrogen-bond acceptors (Lipinski definition) is 4. The van der Waals surface area contributed by atoms with Crippen LogP contribution in [-0.4, -0.2) is 58.3 Å². The number of methoxy groups -OCH3 is 2. The van der Waals surface area contributed by atoms with Gasteiger partial charge in [-0.05, 0) is 49.5 Å². The van der Waals surface area contributed by atoms with Crippen molar-refractivity contribution in [3.8, 4) is 11.5 Å². The lowest BCUT2D eigenvalue weighted by Crippen LogP contribution is -2.41. The molecule has 0 spiro atoms. The van der Waals surface area contributed by atoms with Crippen molar-refractivity contribution >= 4 is 5.96 Å². The minimum absolute atomic E-state index is 0.595. The molecule has 1 aliphatic heterocycles. The smallest absolute Gasteiger partial charge is 0.191 e. The Labute approximate surface area is 151 Å². The Hall–Kier alpha value is -1.95. The van der Waals surface area contributed by atoms with E-state index in [1.54, 1.807) is 21.3 Å². The molecule has 6 heteroatoms. The van der Waals surface area contributed by atoms with Crippen LogP contribution < -0.4 is 20.1 Å². The SMILES string of the molecule is CN=C(NCc1ccc(OC)c(OC)c1)NCC(C)CN1CCCC1. The summed E-state index contributed by atoms with van der Waals surface area (Å²) < 4.78 is 10.6. The number of nitrogens with zero attached hydrogens (tertiary/aromatic N) is 2. The molecule has 1 atom stereocenters. The van der Waals surface area contributed by atoms with Gasteiger partial charge in [-0.25, -0.2) is 0 Å². The molecule has 1 heterocycles. The third kappa shape index (κ3) is 6.12. The lowest BCUT2D eigenvalue weighted by molar-refractivity contribution is 0.287. The molecule has 1 fully saturated rings. The number of aliphatic imine (C=N–C) groups is 1. The van der Waals surface area contributed by atoms with Crippen LogP contribution in [-0.2, 0) is 6.54 Å². The Morgan fingerprint density at radius 2 is 1.88 bits per heavy atom. The van der Waals surface area contributed by atoms with Crippen molar-refractivity contribution in [2.45, 2.75) is 26.3 Å². The monoisotopic (exact) mass is 348 g/mol. The van der Waals surface area contributed by atoms with Crippen LogP contribution in [0.5, 0.6) is 11.5 Å². The van der Waals surface area contributed by atoms with Crippen LogP contribution in [0.25, 0.3) is 0 Å². The van der Waals surface area contributed by atoms with Crippen molar-refractivity contribution in [3.05, 3.63) is 23.8 Å². The largest absolute Gasteiger partial charge is 0.493 e. The molecule has 0 bridgehead atoms. The lowest BCUT2D eigenvalue weighted by atomic mass is 10.1. The van der Waals surface area contributed by atoms with E-state index in [2.05, 4.69) is 27.4 Å².